The molecule has 16 heavy (non-hydrogen) atoms. The smallest absolute Gasteiger partial charge is 0.154 e. The van der Waals surface area contributed by atoms with Gasteiger partial charge in [-0.1, -0.05) is 31.5 Å². The SMILES string of the molecule is CC(C)C(CN)c1ccc2c(Cl)ncn2c1. The van der Waals surface area contributed by atoms with Gasteiger partial charge in [0.05, 0.1) is 5.52 Å². The molecule has 0 fully saturated rings. The van der Waals surface area contributed by atoms with Crippen molar-refractivity contribution < 1.29 is 0 Å². The molecule has 0 amide bonds. The zero-order chi connectivity index (χ0) is 11.7. The number of nitrogens with two attached hydrogens (primary N) is 1. The van der Waals surface area contributed by atoms with Crippen LogP contribution >= 0.6 is 11.6 Å². The van der Waals surface area contributed by atoms with Crippen LogP contribution in [0.2, 0.25) is 5.15 Å². The van der Waals surface area contributed by atoms with Crippen molar-refractivity contribution in [2.45, 2.75) is 19.8 Å². The average molecular weight is 238 g/mol. The van der Waals surface area contributed by atoms with Crippen LogP contribution in [0.25, 0.3) is 5.52 Å². The maximum Gasteiger partial charge on any atom is 0.154 e. The highest BCUT2D eigenvalue weighted by Gasteiger charge is 2.14. The summed E-state index contributed by atoms with van der Waals surface area (Å²) in [7, 11) is 0. The van der Waals surface area contributed by atoms with Crippen LogP contribution < -0.4 is 5.73 Å². The van der Waals surface area contributed by atoms with Gasteiger partial charge in [0, 0.05) is 6.20 Å². The van der Waals surface area contributed by atoms with Crippen molar-refractivity contribution in [3.05, 3.63) is 35.4 Å². The summed E-state index contributed by atoms with van der Waals surface area (Å²) in [5, 5.41) is 0.542. The van der Waals surface area contributed by atoms with E-state index in [0.717, 1.165) is 5.52 Å². The van der Waals surface area contributed by atoms with Gasteiger partial charge in [0.25, 0.3) is 0 Å². The van der Waals surface area contributed by atoms with Crippen LogP contribution in [0.3, 0.4) is 0 Å². The summed E-state index contributed by atoms with van der Waals surface area (Å²) in [4.78, 5) is 4.06. The first-order valence-corrected chi connectivity index (χ1v) is 5.83. The third-order valence-corrected chi connectivity index (χ3v) is 3.28. The van der Waals surface area contributed by atoms with Crippen molar-refractivity contribution in [3.63, 3.8) is 0 Å². The first-order chi connectivity index (χ1) is 7.63. The summed E-state index contributed by atoms with van der Waals surface area (Å²) in [6.07, 6.45) is 3.79. The average Bonchev–Trinajstić information content (AvgIpc) is 2.61. The molecule has 2 aromatic heterocycles. The first-order valence-electron chi connectivity index (χ1n) is 5.45. The highest BCUT2D eigenvalue weighted by Crippen LogP contribution is 2.25. The fourth-order valence-corrected chi connectivity index (χ4v) is 2.20. The minimum absolute atomic E-state index is 0.380. The van der Waals surface area contributed by atoms with E-state index in [1.807, 2.05) is 10.5 Å². The summed E-state index contributed by atoms with van der Waals surface area (Å²) >= 11 is 5.94. The van der Waals surface area contributed by atoms with Crippen molar-refractivity contribution in [2.24, 2.45) is 11.7 Å². The Kier molecular flexibility index (Phi) is 3.17. The van der Waals surface area contributed by atoms with Gasteiger partial charge in [-0.05, 0) is 30.0 Å². The van der Waals surface area contributed by atoms with Gasteiger partial charge in [0.2, 0.25) is 0 Å². The molecule has 1 unspecified atom stereocenters. The lowest BCUT2D eigenvalue weighted by atomic mass is 9.89. The number of nitrogens with zero attached hydrogens (tertiary/aromatic N) is 2. The van der Waals surface area contributed by atoms with Crippen molar-refractivity contribution in [1.29, 1.82) is 0 Å². The number of imidazole rings is 1. The van der Waals surface area contributed by atoms with Crippen LogP contribution in [0.4, 0.5) is 0 Å². The van der Waals surface area contributed by atoms with E-state index in [1.165, 1.54) is 5.56 Å². The largest absolute Gasteiger partial charge is 0.330 e. The van der Waals surface area contributed by atoms with Gasteiger partial charge in [-0.3, -0.25) is 0 Å². The van der Waals surface area contributed by atoms with Crippen LogP contribution in [-0.2, 0) is 0 Å². The number of hydrogen-bond acceptors (Lipinski definition) is 2. The highest BCUT2D eigenvalue weighted by molar-refractivity contribution is 6.32. The van der Waals surface area contributed by atoms with Crippen LogP contribution in [0.15, 0.2) is 24.7 Å². The summed E-state index contributed by atoms with van der Waals surface area (Å²) in [6.45, 7) is 5.02. The van der Waals surface area contributed by atoms with E-state index in [1.54, 1.807) is 6.33 Å². The second kappa shape index (κ2) is 4.44. The molecule has 0 saturated carbocycles. The fourth-order valence-electron chi connectivity index (χ4n) is 2.00. The van der Waals surface area contributed by atoms with Gasteiger partial charge < -0.3 is 10.1 Å². The molecule has 0 spiro atoms. The normalized spacial score (nSPS) is 13.6. The summed E-state index contributed by atoms with van der Waals surface area (Å²) in [5.74, 6) is 0.909. The second-order valence-electron chi connectivity index (χ2n) is 4.38. The Labute approximate surface area is 100 Å². The van der Waals surface area contributed by atoms with Gasteiger partial charge in [-0.25, -0.2) is 4.98 Å². The Balaban J connectivity index is 2.46. The monoisotopic (exact) mass is 237 g/mol. The number of rotatable bonds is 3. The number of fused-ring (bicyclic) bond motifs is 1. The molecular formula is C12H16ClN3. The quantitative estimate of drug-likeness (QED) is 0.892. The maximum absolute atomic E-state index is 5.94. The Hall–Kier alpha value is -1.06. The molecule has 4 heteroatoms. The fraction of sp³-hybridized carbons (Fsp3) is 0.417. The molecule has 0 saturated heterocycles. The van der Waals surface area contributed by atoms with Crippen molar-refractivity contribution in [3.8, 4) is 0 Å². The van der Waals surface area contributed by atoms with Gasteiger partial charge in [-0.2, -0.15) is 0 Å². The Morgan fingerprint density at radius 3 is 2.81 bits per heavy atom. The maximum atomic E-state index is 5.94. The van der Waals surface area contributed by atoms with Gasteiger partial charge in [-0.15, -0.1) is 0 Å². The van der Waals surface area contributed by atoms with E-state index in [0.29, 0.717) is 23.5 Å². The molecule has 0 radical (unpaired) electrons. The third-order valence-electron chi connectivity index (χ3n) is 2.99. The van der Waals surface area contributed by atoms with Gasteiger partial charge in [0.15, 0.2) is 5.15 Å². The topological polar surface area (TPSA) is 43.3 Å². The van der Waals surface area contributed by atoms with E-state index < -0.39 is 0 Å². The molecule has 0 aliphatic rings. The van der Waals surface area contributed by atoms with Gasteiger partial charge in [0.1, 0.15) is 6.33 Å². The molecule has 0 aromatic carbocycles. The molecular weight excluding hydrogens is 222 g/mol. The summed E-state index contributed by atoms with van der Waals surface area (Å²) in [6, 6.07) is 4.08. The van der Waals surface area contributed by atoms with Crippen LogP contribution in [0.1, 0.15) is 25.3 Å². The van der Waals surface area contributed by atoms with Crippen LogP contribution in [0, 0.1) is 5.92 Å². The Morgan fingerprint density at radius 1 is 1.44 bits per heavy atom. The van der Waals surface area contributed by atoms with E-state index in [9.17, 15) is 0 Å². The molecule has 2 N–H and O–H groups in total. The van der Waals surface area contributed by atoms with E-state index >= 15 is 0 Å². The number of hydrogen-bond donors (Lipinski definition) is 1. The van der Waals surface area contributed by atoms with Crippen molar-refractivity contribution in [1.82, 2.24) is 9.38 Å². The van der Waals surface area contributed by atoms with Gasteiger partial charge >= 0.3 is 0 Å². The predicted molar refractivity (Wildman–Crippen MR) is 66.8 cm³/mol. The number of aromatic nitrogens is 2. The Morgan fingerprint density at radius 2 is 2.19 bits per heavy atom. The van der Waals surface area contributed by atoms with E-state index in [4.69, 9.17) is 17.3 Å². The molecule has 2 heterocycles. The van der Waals surface area contributed by atoms with Crippen LogP contribution in [-0.4, -0.2) is 15.9 Å². The molecule has 86 valence electrons. The first kappa shape index (κ1) is 11.4. The van der Waals surface area contributed by atoms with Crippen molar-refractivity contribution in [2.75, 3.05) is 6.54 Å². The van der Waals surface area contributed by atoms with E-state index in [-0.39, 0.29) is 0 Å². The minimum Gasteiger partial charge on any atom is -0.330 e. The zero-order valence-corrected chi connectivity index (χ0v) is 10.3. The lowest BCUT2D eigenvalue weighted by Crippen LogP contribution is -2.18. The molecule has 0 bridgehead atoms. The van der Waals surface area contributed by atoms with Crippen molar-refractivity contribution >= 4 is 17.1 Å². The summed E-state index contributed by atoms with van der Waals surface area (Å²) < 4.78 is 1.95. The van der Waals surface area contributed by atoms with E-state index in [2.05, 4.69) is 31.1 Å². The highest BCUT2D eigenvalue weighted by atomic mass is 35.5. The molecule has 0 aliphatic carbocycles. The zero-order valence-electron chi connectivity index (χ0n) is 9.52. The van der Waals surface area contributed by atoms with Crippen LogP contribution in [0.5, 0.6) is 0 Å². The molecule has 1 atom stereocenters. The second-order valence-corrected chi connectivity index (χ2v) is 4.73. The number of pyridine rings is 1. The summed E-state index contributed by atoms with van der Waals surface area (Å²) in [5.41, 5.74) is 7.97. The molecule has 2 rings (SSSR count). The lowest BCUT2D eigenvalue weighted by molar-refractivity contribution is 0.505. The third kappa shape index (κ3) is 1.93. The number of halogens is 1. The minimum atomic E-state index is 0.380. The predicted octanol–water partition coefficient (Wildman–Crippen LogP) is 2.69. The lowest BCUT2D eigenvalue weighted by Gasteiger charge is -2.19. The molecule has 3 nitrogen and oxygen atoms in total. The molecule has 2 aromatic rings. The molecule has 0 aliphatic heterocycles. The standard InChI is InChI=1S/C12H16ClN3/c1-8(2)10(5-14)9-3-4-11-12(13)15-7-16(11)6-9/h3-4,6-8,10H,5,14H2,1-2H3. The Bertz CT molecular complexity index is 490.